The average Bonchev–Trinajstić information content (AvgIpc) is 3.39. The monoisotopic (exact) mass is 385 g/mol. The minimum absolute atomic E-state index is 0.452. The molecule has 0 aliphatic carbocycles. The second kappa shape index (κ2) is 10.2. The van der Waals surface area contributed by atoms with Crippen LogP contribution in [-0.2, 0) is 6.42 Å². The van der Waals surface area contributed by atoms with E-state index < -0.39 is 0 Å². The molecule has 1 unspecified atom stereocenters. The van der Waals surface area contributed by atoms with Crippen molar-refractivity contribution in [1.82, 2.24) is 30.2 Å². The fourth-order valence-electron chi connectivity index (χ4n) is 3.61. The Hall–Kier alpha value is -2.48. The molecule has 2 aromatic heterocycles. The van der Waals surface area contributed by atoms with E-state index in [0.717, 1.165) is 38.7 Å². The predicted molar refractivity (Wildman–Crippen MR) is 110 cm³/mol. The van der Waals surface area contributed by atoms with Gasteiger partial charge in [0.2, 0.25) is 0 Å². The van der Waals surface area contributed by atoms with Gasteiger partial charge < -0.3 is 14.7 Å². The third-order valence-corrected chi connectivity index (χ3v) is 5.08. The smallest absolute Gasteiger partial charge is 0.276 e. The summed E-state index contributed by atoms with van der Waals surface area (Å²) >= 11 is 0. The number of guanidine groups is 1. The summed E-state index contributed by atoms with van der Waals surface area (Å²) in [5.41, 5.74) is 0.692. The summed E-state index contributed by atoms with van der Waals surface area (Å²) in [5.74, 6) is 2.08. The van der Waals surface area contributed by atoms with Gasteiger partial charge in [-0.1, -0.05) is 25.1 Å². The molecule has 1 aliphatic heterocycles. The Labute approximate surface area is 167 Å². The number of aromatic nitrogens is 3. The summed E-state index contributed by atoms with van der Waals surface area (Å²) < 4.78 is 5.32. The Balaban J connectivity index is 1.57. The molecule has 1 aliphatic rings. The van der Waals surface area contributed by atoms with E-state index in [-0.39, 0.29) is 0 Å². The zero-order chi connectivity index (χ0) is 19.8. The Bertz CT molecular complexity index is 742. The minimum Gasteiger partial charge on any atom is -0.357 e. The number of hydrogen-bond donors (Lipinski definition) is 1. The first-order valence-electron chi connectivity index (χ1n) is 10.3. The zero-order valence-corrected chi connectivity index (χ0v) is 17.1. The van der Waals surface area contributed by atoms with Gasteiger partial charge in [-0.15, -0.1) is 0 Å². The highest BCUT2D eigenvalue weighted by atomic mass is 16.5. The van der Waals surface area contributed by atoms with Crippen LogP contribution in [0.1, 0.15) is 33.0 Å². The lowest BCUT2D eigenvalue weighted by atomic mass is 10.2. The normalized spacial score (nSPS) is 17.5. The molecule has 152 valence electrons. The van der Waals surface area contributed by atoms with Gasteiger partial charge in [-0.3, -0.25) is 14.9 Å². The zero-order valence-electron chi connectivity index (χ0n) is 17.1. The van der Waals surface area contributed by atoms with Gasteiger partial charge in [0.25, 0.3) is 5.89 Å². The first kappa shape index (κ1) is 20.3. The highest BCUT2D eigenvalue weighted by Crippen LogP contribution is 2.16. The summed E-state index contributed by atoms with van der Waals surface area (Å²) in [6.07, 6.45) is 3.54. The Morgan fingerprint density at radius 2 is 2.18 bits per heavy atom. The van der Waals surface area contributed by atoms with E-state index in [0.29, 0.717) is 36.4 Å². The molecule has 8 heteroatoms. The molecule has 3 heterocycles. The lowest BCUT2D eigenvalue weighted by Gasteiger charge is -2.27. The summed E-state index contributed by atoms with van der Waals surface area (Å²) in [6.45, 7) is 12.3. The first-order chi connectivity index (χ1) is 13.7. The molecule has 1 fully saturated rings. The van der Waals surface area contributed by atoms with Gasteiger partial charge in [0, 0.05) is 44.8 Å². The van der Waals surface area contributed by atoms with Crippen molar-refractivity contribution in [2.24, 2.45) is 4.99 Å². The molecule has 1 atom stereocenters. The molecule has 0 bridgehead atoms. The lowest BCUT2D eigenvalue weighted by molar-refractivity contribution is 0.223. The average molecular weight is 386 g/mol. The van der Waals surface area contributed by atoms with E-state index in [1.165, 1.54) is 6.42 Å². The van der Waals surface area contributed by atoms with Gasteiger partial charge in [-0.05, 0) is 38.6 Å². The molecule has 0 radical (unpaired) electrons. The summed E-state index contributed by atoms with van der Waals surface area (Å²) in [4.78, 5) is 18.4. The molecule has 0 saturated carbocycles. The van der Waals surface area contributed by atoms with E-state index in [4.69, 9.17) is 9.52 Å². The third-order valence-electron chi connectivity index (χ3n) is 5.08. The molecular formula is C20H31N7O. The Morgan fingerprint density at radius 1 is 1.32 bits per heavy atom. The van der Waals surface area contributed by atoms with E-state index in [2.05, 4.69) is 51.0 Å². The summed E-state index contributed by atoms with van der Waals surface area (Å²) in [6, 6.07) is 6.23. The van der Waals surface area contributed by atoms with Crippen LogP contribution in [0.5, 0.6) is 0 Å². The van der Waals surface area contributed by atoms with E-state index in [1.54, 1.807) is 6.20 Å². The van der Waals surface area contributed by atoms with Gasteiger partial charge in [0.1, 0.15) is 5.69 Å². The topological polar surface area (TPSA) is 82.7 Å². The fraction of sp³-hybridized carbons (Fsp3) is 0.600. The number of nitrogens with zero attached hydrogens (tertiary/aromatic N) is 6. The van der Waals surface area contributed by atoms with Crippen LogP contribution in [0.15, 0.2) is 33.9 Å². The van der Waals surface area contributed by atoms with Crippen LogP contribution in [0.3, 0.4) is 0 Å². The van der Waals surface area contributed by atoms with Crippen LogP contribution >= 0.6 is 0 Å². The number of aliphatic imine (C=N–C) groups is 1. The highest BCUT2D eigenvalue weighted by Gasteiger charge is 2.27. The quantitative estimate of drug-likeness (QED) is 0.550. The molecule has 0 amide bonds. The molecule has 2 aromatic rings. The fourth-order valence-corrected chi connectivity index (χ4v) is 3.61. The van der Waals surface area contributed by atoms with Crippen molar-refractivity contribution in [1.29, 1.82) is 0 Å². The second-order valence-electron chi connectivity index (χ2n) is 6.83. The molecule has 1 saturated heterocycles. The number of pyridine rings is 1. The van der Waals surface area contributed by atoms with Gasteiger partial charge in [0.15, 0.2) is 11.8 Å². The largest absolute Gasteiger partial charge is 0.357 e. The number of likely N-dealkylation sites (N-methyl/N-ethyl adjacent to an activating group) is 1. The second-order valence-corrected chi connectivity index (χ2v) is 6.83. The number of likely N-dealkylation sites (tertiary alicyclic amines) is 1. The van der Waals surface area contributed by atoms with Crippen LogP contribution in [0.25, 0.3) is 11.6 Å². The van der Waals surface area contributed by atoms with Crippen molar-refractivity contribution in [3.05, 3.63) is 30.2 Å². The Morgan fingerprint density at radius 3 is 2.89 bits per heavy atom. The van der Waals surface area contributed by atoms with Crippen molar-refractivity contribution in [2.45, 2.75) is 39.7 Å². The van der Waals surface area contributed by atoms with Crippen LogP contribution < -0.4 is 5.32 Å². The maximum atomic E-state index is 5.32. The number of nitrogens with one attached hydrogen (secondary N) is 1. The van der Waals surface area contributed by atoms with Crippen molar-refractivity contribution in [2.75, 3.05) is 39.3 Å². The molecule has 0 aromatic carbocycles. The van der Waals surface area contributed by atoms with Crippen molar-refractivity contribution in [3.63, 3.8) is 0 Å². The van der Waals surface area contributed by atoms with E-state index >= 15 is 0 Å². The minimum atomic E-state index is 0.452. The molecule has 3 rings (SSSR count). The maximum absolute atomic E-state index is 5.32. The molecule has 0 spiro atoms. The maximum Gasteiger partial charge on any atom is 0.276 e. The van der Waals surface area contributed by atoms with Gasteiger partial charge in [0.05, 0.1) is 0 Å². The summed E-state index contributed by atoms with van der Waals surface area (Å²) in [7, 11) is 0. The molecular weight excluding hydrogens is 354 g/mol. The van der Waals surface area contributed by atoms with Crippen LogP contribution in [0.4, 0.5) is 0 Å². The standard InChI is InChI=1S/C20H31N7O/c1-4-21-20(27-14-11-16(15-27)26(5-2)6-3)23-13-10-18-24-19(28-25-18)17-9-7-8-12-22-17/h7-9,12,16H,4-6,10-11,13-15H2,1-3H3,(H,21,23). The molecule has 28 heavy (non-hydrogen) atoms. The molecule has 1 N–H and O–H groups in total. The van der Waals surface area contributed by atoms with Crippen LogP contribution in [0, 0.1) is 0 Å². The van der Waals surface area contributed by atoms with Crippen molar-refractivity contribution < 1.29 is 4.52 Å². The molecule has 8 nitrogen and oxygen atoms in total. The number of rotatable bonds is 8. The van der Waals surface area contributed by atoms with Gasteiger partial charge in [-0.2, -0.15) is 4.98 Å². The highest BCUT2D eigenvalue weighted by molar-refractivity contribution is 5.80. The van der Waals surface area contributed by atoms with Crippen molar-refractivity contribution in [3.8, 4) is 11.6 Å². The first-order valence-corrected chi connectivity index (χ1v) is 10.3. The predicted octanol–water partition coefficient (Wildman–Crippen LogP) is 2.06. The van der Waals surface area contributed by atoms with Gasteiger partial charge in [-0.25, -0.2) is 0 Å². The van der Waals surface area contributed by atoms with Crippen LogP contribution in [0.2, 0.25) is 0 Å². The van der Waals surface area contributed by atoms with Crippen LogP contribution in [-0.4, -0.2) is 76.2 Å². The van der Waals surface area contributed by atoms with Crippen molar-refractivity contribution >= 4 is 5.96 Å². The summed E-state index contributed by atoms with van der Waals surface area (Å²) in [5, 5.41) is 7.47. The van der Waals surface area contributed by atoms with Gasteiger partial charge >= 0.3 is 0 Å². The Kier molecular flexibility index (Phi) is 7.36. The SMILES string of the molecule is CCNC(=NCCc1noc(-c2ccccn2)n1)N1CCC(N(CC)CC)C1. The lowest BCUT2D eigenvalue weighted by Crippen LogP contribution is -2.43. The number of hydrogen-bond acceptors (Lipinski definition) is 6. The van der Waals surface area contributed by atoms with E-state index in [1.807, 2.05) is 18.2 Å². The van der Waals surface area contributed by atoms with E-state index in [9.17, 15) is 0 Å². The third kappa shape index (κ3) is 5.07.